The summed E-state index contributed by atoms with van der Waals surface area (Å²) in [6.45, 7) is 7.39. The molecule has 0 N–H and O–H groups in total. The van der Waals surface area contributed by atoms with Gasteiger partial charge in [-0.25, -0.2) is 0 Å². The van der Waals surface area contributed by atoms with Crippen LogP contribution >= 0.6 is 0 Å². The fourth-order valence-electron chi connectivity index (χ4n) is 1.61. The van der Waals surface area contributed by atoms with E-state index < -0.39 is 0 Å². The minimum absolute atomic E-state index is 0.122. The molecule has 0 aromatic heterocycles. The van der Waals surface area contributed by atoms with Crippen LogP contribution in [-0.2, 0) is 9.53 Å². The number of hydrogen-bond donors (Lipinski definition) is 0. The summed E-state index contributed by atoms with van der Waals surface area (Å²) >= 11 is 0. The fourth-order valence-corrected chi connectivity index (χ4v) is 1.61. The molecule has 0 saturated heterocycles. The van der Waals surface area contributed by atoms with E-state index in [2.05, 4.69) is 0 Å². The predicted molar refractivity (Wildman–Crippen MR) is 56.4 cm³/mol. The molecule has 0 amide bonds. The van der Waals surface area contributed by atoms with Crippen LogP contribution in [0.5, 0.6) is 0 Å². The summed E-state index contributed by atoms with van der Waals surface area (Å²) in [5.41, 5.74) is -0.384. The lowest BCUT2D eigenvalue weighted by atomic mass is 9.90. The first-order valence-corrected chi connectivity index (χ1v) is 5.54. The van der Waals surface area contributed by atoms with Gasteiger partial charge in [-0.05, 0) is 39.5 Å². The molecule has 0 unspecified atom stereocenters. The summed E-state index contributed by atoms with van der Waals surface area (Å²) in [6.07, 6.45) is 6.23. The average Bonchev–Trinajstić information content (AvgIpc) is 2.14. The van der Waals surface area contributed by atoms with E-state index in [1.165, 1.54) is 32.1 Å². The zero-order valence-corrected chi connectivity index (χ0v) is 9.51. The maximum Gasteiger partial charge on any atom is 0.311 e. The maximum absolute atomic E-state index is 11.5. The zero-order valence-electron chi connectivity index (χ0n) is 9.51. The number of carbonyl (C=O) groups is 1. The van der Waals surface area contributed by atoms with Gasteiger partial charge in [-0.15, -0.1) is 0 Å². The summed E-state index contributed by atoms with van der Waals surface area (Å²) < 4.78 is 5.18. The molecule has 0 aliphatic heterocycles. The van der Waals surface area contributed by atoms with Gasteiger partial charge in [-0.2, -0.15) is 0 Å². The Bertz CT molecular complexity index is 185. The van der Waals surface area contributed by atoms with E-state index in [9.17, 15) is 4.79 Å². The summed E-state index contributed by atoms with van der Waals surface area (Å²) in [6, 6.07) is 0. The predicted octanol–water partition coefficient (Wildman–Crippen LogP) is 3.32. The van der Waals surface area contributed by atoms with Gasteiger partial charge in [-0.1, -0.05) is 19.3 Å². The molecule has 0 aromatic rings. The Morgan fingerprint density at radius 2 is 1.79 bits per heavy atom. The normalized spacial score (nSPS) is 19.4. The van der Waals surface area contributed by atoms with E-state index in [1.54, 1.807) is 6.61 Å². The molecule has 2 heteroatoms. The second kappa shape index (κ2) is 4.81. The van der Waals surface area contributed by atoms with Crippen LogP contribution in [0.4, 0.5) is 0 Å². The van der Waals surface area contributed by atoms with Gasteiger partial charge < -0.3 is 4.74 Å². The Kier molecular flexibility index (Phi) is 3.97. The van der Waals surface area contributed by atoms with Gasteiger partial charge in [0.25, 0.3) is 0 Å². The van der Waals surface area contributed by atoms with Gasteiger partial charge in [0.2, 0.25) is 0 Å². The molecule has 1 aliphatic rings. The van der Waals surface area contributed by atoms with Crippen molar-refractivity contribution in [2.24, 2.45) is 11.3 Å². The third-order valence-electron chi connectivity index (χ3n) is 2.63. The highest BCUT2D eigenvalue weighted by Crippen LogP contribution is 2.27. The molecule has 0 bridgehead atoms. The summed E-state index contributed by atoms with van der Waals surface area (Å²) in [7, 11) is 0. The summed E-state index contributed by atoms with van der Waals surface area (Å²) in [5.74, 6) is 0.373. The van der Waals surface area contributed by atoms with E-state index in [4.69, 9.17) is 4.74 Å². The Hall–Kier alpha value is -0.530. The highest BCUT2D eigenvalue weighted by atomic mass is 16.5. The summed E-state index contributed by atoms with van der Waals surface area (Å²) in [4.78, 5) is 11.5. The van der Waals surface area contributed by atoms with Gasteiger partial charge in [0.1, 0.15) is 6.61 Å². The maximum atomic E-state index is 11.5. The van der Waals surface area contributed by atoms with E-state index in [0.717, 1.165) is 0 Å². The average molecular weight is 197 g/mol. The van der Waals surface area contributed by atoms with Crippen LogP contribution in [0.2, 0.25) is 0 Å². The SMILES string of the molecule is CC(C)(C)C(=O)O[CH]C1CCCCC1. The molecule has 0 aromatic carbocycles. The highest BCUT2D eigenvalue weighted by molar-refractivity contribution is 5.75. The molecular weight excluding hydrogens is 176 g/mol. The molecule has 1 saturated carbocycles. The largest absolute Gasteiger partial charge is 0.458 e. The molecule has 14 heavy (non-hydrogen) atoms. The number of hydrogen-bond acceptors (Lipinski definition) is 2. The highest BCUT2D eigenvalue weighted by Gasteiger charge is 2.24. The second-order valence-electron chi connectivity index (χ2n) is 5.19. The van der Waals surface area contributed by atoms with E-state index >= 15 is 0 Å². The number of ether oxygens (including phenoxy) is 1. The Labute approximate surface area is 87.0 Å². The lowest BCUT2D eigenvalue weighted by Gasteiger charge is -2.23. The summed E-state index contributed by atoms with van der Waals surface area (Å²) in [5, 5.41) is 0. The molecule has 0 spiro atoms. The van der Waals surface area contributed by atoms with Crippen molar-refractivity contribution >= 4 is 5.97 Å². The minimum atomic E-state index is -0.384. The van der Waals surface area contributed by atoms with Crippen LogP contribution in [0.15, 0.2) is 0 Å². The van der Waals surface area contributed by atoms with Gasteiger partial charge in [-0.3, -0.25) is 4.79 Å². The number of esters is 1. The van der Waals surface area contributed by atoms with Crippen molar-refractivity contribution in [3.05, 3.63) is 6.61 Å². The third kappa shape index (κ3) is 3.69. The molecule has 1 fully saturated rings. The Morgan fingerprint density at radius 1 is 1.21 bits per heavy atom. The van der Waals surface area contributed by atoms with E-state index in [1.807, 2.05) is 20.8 Å². The van der Waals surface area contributed by atoms with Crippen molar-refractivity contribution in [3.8, 4) is 0 Å². The second-order valence-corrected chi connectivity index (χ2v) is 5.19. The van der Waals surface area contributed by atoms with Crippen LogP contribution in [0.1, 0.15) is 52.9 Å². The van der Waals surface area contributed by atoms with Crippen LogP contribution in [0.25, 0.3) is 0 Å². The third-order valence-corrected chi connectivity index (χ3v) is 2.63. The molecule has 1 aliphatic carbocycles. The van der Waals surface area contributed by atoms with Crippen LogP contribution in [0, 0.1) is 17.9 Å². The zero-order chi connectivity index (χ0) is 10.6. The lowest BCUT2D eigenvalue weighted by molar-refractivity contribution is -0.150. The topological polar surface area (TPSA) is 26.3 Å². The van der Waals surface area contributed by atoms with Gasteiger partial charge in [0, 0.05) is 0 Å². The van der Waals surface area contributed by atoms with E-state index in [0.29, 0.717) is 5.92 Å². The first-order valence-electron chi connectivity index (χ1n) is 5.54. The van der Waals surface area contributed by atoms with Crippen molar-refractivity contribution < 1.29 is 9.53 Å². The van der Waals surface area contributed by atoms with Crippen LogP contribution in [-0.4, -0.2) is 5.97 Å². The first-order chi connectivity index (χ1) is 6.50. The van der Waals surface area contributed by atoms with Crippen molar-refractivity contribution in [2.45, 2.75) is 52.9 Å². The molecule has 0 atom stereocenters. The first kappa shape index (κ1) is 11.5. The van der Waals surface area contributed by atoms with Crippen LogP contribution in [0.3, 0.4) is 0 Å². The quantitative estimate of drug-likeness (QED) is 0.635. The van der Waals surface area contributed by atoms with Gasteiger partial charge in [0.05, 0.1) is 5.41 Å². The molecule has 1 radical (unpaired) electrons. The van der Waals surface area contributed by atoms with Crippen molar-refractivity contribution in [1.29, 1.82) is 0 Å². The standard InChI is InChI=1S/C12H21O2/c1-12(2,3)11(13)14-9-10-7-5-4-6-8-10/h9-10H,4-8H2,1-3H3. The minimum Gasteiger partial charge on any atom is -0.458 e. The van der Waals surface area contributed by atoms with Crippen molar-refractivity contribution in [2.75, 3.05) is 0 Å². The fraction of sp³-hybridized carbons (Fsp3) is 0.833. The van der Waals surface area contributed by atoms with E-state index in [-0.39, 0.29) is 11.4 Å². The Balaban J connectivity index is 2.22. The van der Waals surface area contributed by atoms with Crippen molar-refractivity contribution in [3.63, 3.8) is 0 Å². The van der Waals surface area contributed by atoms with Gasteiger partial charge >= 0.3 is 5.97 Å². The van der Waals surface area contributed by atoms with Crippen molar-refractivity contribution in [1.82, 2.24) is 0 Å². The molecule has 2 nitrogen and oxygen atoms in total. The number of carbonyl (C=O) groups excluding carboxylic acids is 1. The lowest BCUT2D eigenvalue weighted by Crippen LogP contribution is -2.23. The van der Waals surface area contributed by atoms with Crippen LogP contribution < -0.4 is 0 Å². The Morgan fingerprint density at radius 3 is 2.29 bits per heavy atom. The van der Waals surface area contributed by atoms with Gasteiger partial charge in [0.15, 0.2) is 0 Å². The monoisotopic (exact) mass is 197 g/mol. The molecule has 81 valence electrons. The molecule has 0 heterocycles. The molecule has 1 rings (SSSR count). The molecular formula is C12H21O2. The number of rotatable bonds is 2. The smallest absolute Gasteiger partial charge is 0.311 e.